The topological polar surface area (TPSA) is 77.8 Å². The number of ether oxygens (including phenoxy) is 2. The quantitative estimate of drug-likeness (QED) is 0.695. The number of hydrogen-bond acceptors (Lipinski definition) is 5. The molecule has 0 aliphatic carbocycles. The molecule has 0 fully saturated rings. The van der Waals surface area contributed by atoms with Gasteiger partial charge in [-0.3, -0.25) is 9.20 Å². The number of amides is 1. The van der Waals surface area contributed by atoms with Crippen LogP contribution in [-0.4, -0.2) is 34.2 Å². The maximum atomic E-state index is 12.3. The van der Waals surface area contributed by atoms with E-state index < -0.39 is 0 Å². The number of hydrogen-bond donors (Lipinski definition) is 1. The van der Waals surface area contributed by atoms with Crippen LogP contribution in [0.5, 0.6) is 11.5 Å². The normalized spacial score (nSPS) is 12.3. The molecule has 0 saturated carbocycles. The van der Waals surface area contributed by atoms with Crippen molar-refractivity contribution in [2.24, 2.45) is 0 Å². The van der Waals surface area contributed by atoms with Crippen LogP contribution in [0, 0.1) is 0 Å². The summed E-state index contributed by atoms with van der Waals surface area (Å²) < 4.78 is 12.8. The number of carbonyl (C=O) groups is 1. The molecule has 3 rings (SSSR count). The summed E-state index contributed by atoms with van der Waals surface area (Å²) in [6.07, 6.45) is 5.77. The molecule has 3 aromatic rings. The molecule has 2 heterocycles. The van der Waals surface area contributed by atoms with Crippen LogP contribution in [-0.2, 0) is 4.79 Å². The Morgan fingerprint density at radius 1 is 1.26 bits per heavy atom. The third-order valence-corrected chi connectivity index (χ3v) is 4.01. The zero-order valence-electron chi connectivity index (χ0n) is 15.5. The number of carbonyl (C=O) groups excluding carboxylic acids is 1. The summed E-state index contributed by atoms with van der Waals surface area (Å²) in [6, 6.07) is 10.9. The first-order chi connectivity index (χ1) is 13.1. The zero-order valence-corrected chi connectivity index (χ0v) is 15.5. The molecule has 0 radical (unpaired) electrons. The van der Waals surface area contributed by atoms with Gasteiger partial charge in [-0.2, -0.15) is 0 Å². The summed E-state index contributed by atoms with van der Waals surface area (Å²) in [4.78, 5) is 12.3. The van der Waals surface area contributed by atoms with Crippen molar-refractivity contribution in [1.82, 2.24) is 19.9 Å². The van der Waals surface area contributed by atoms with E-state index in [1.54, 1.807) is 13.2 Å². The third-order valence-electron chi connectivity index (χ3n) is 4.01. The Balaban J connectivity index is 1.63. The fourth-order valence-corrected chi connectivity index (χ4v) is 2.75. The molecular weight excluding hydrogens is 344 g/mol. The van der Waals surface area contributed by atoms with Crippen molar-refractivity contribution in [3.05, 3.63) is 60.1 Å². The van der Waals surface area contributed by atoms with Gasteiger partial charge in [-0.05, 0) is 43.7 Å². The Bertz CT molecular complexity index is 965. The summed E-state index contributed by atoms with van der Waals surface area (Å²) in [5.41, 5.74) is 1.73. The van der Waals surface area contributed by atoms with Gasteiger partial charge in [-0.15, -0.1) is 10.2 Å². The molecule has 0 saturated heterocycles. The summed E-state index contributed by atoms with van der Waals surface area (Å²) in [7, 11) is 1.57. The van der Waals surface area contributed by atoms with Crippen LogP contribution in [0.4, 0.5) is 0 Å². The van der Waals surface area contributed by atoms with Crippen LogP contribution >= 0.6 is 0 Å². The van der Waals surface area contributed by atoms with Crippen molar-refractivity contribution in [3.8, 4) is 11.5 Å². The van der Waals surface area contributed by atoms with Crippen LogP contribution in [0.3, 0.4) is 0 Å². The van der Waals surface area contributed by atoms with Gasteiger partial charge in [0, 0.05) is 6.20 Å². The molecule has 1 amide bonds. The number of aromatic nitrogens is 3. The van der Waals surface area contributed by atoms with E-state index in [1.807, 2.05) is 66.9 Å². The van der Waals surface area contributed by atoms with Gasteiger partial charge in [-0.25, -0.2) is 0 Å². The van der Waals surface area contributed by atoms with Gasteiger partial charge in [0.2, 0.25) is 0 Å². The number of nitrogens with zero attached hydrogens (tertiary/aromatic N) is 3. The second-order valence-electron chi connectivity index (χ2n) is 5.98. The molecular formula is C20H22N4O3. The molecule has 27 heavy (non-hydrogen) atoms. The molecule has 0 aliphatic heterocycles. The molecule has 140 valence electrons. The Hall–Kier alpha value is -3.35. The van der Waals surface area contributed by atoms with Crippen LogP contribution in [0.2, 0.25) is 0 Å². The molecule has 1 unspecified atom stereocenters. The highest BCUT2D eigenvalue weighted by molar-refractivity contribution is 5.78. The van der Waals surface area contributed by atoms with Gasteiger partial charge in [0.05, 0.1) is 13.2 Å². The summed E-state index contributed by atoms with van der Waals surface area (Å²) in [5, 5.41) is 11.1. The molecule has 0 spiro atoms. The van der Waals surface area contributed by atoms with Crippen molar-refractivity contribution >= 4 is 17.6 Å². The molecule has 1 atom stereocenters. The summed E-state index contributed by atoms with van der Waals surface area (Å²) in [5.74, 6) is 1.50. The maximum Gasteiger partial charge on any atom is 0.258 e. The van der Waals surface area contributed by atoms with E-state index in [1.165, 1.54) is 0 Å². The summed E-state index contributed by atoms with van der Waals surface area (Å²) in [6.45, 7) is 3.68. The molecule has 1 aromatic carbocycles. The van der Waals surface area contributed by atoms with E-state index in [0.29, 0.717) is 17.3 Å². The second-order valence-corrected chi connectivity index (χ2v) is 5.98. The largest absolute Gasteiger partial charge is 0.493 e. The van der Waals surface area contributed by atoms with Crippen molar-refractivity contribution in [2.75, 3.05) is 13.7 Å². The second kappa shape index (κ2) is 8.35. The minimum Gasteiger partial charge on any atom is -0.493 e. The third kappa shape index (κ3) is 4.25. The lowest BCUT2D eigenvalue weighted by molar-refractivity contribution is -0.123. The minimum absolute atomic E-state index is 0.125. The monoisotopic (exact) mass is 366 g/mol. The first-order valence-electron chi connectivity index (χ1n) is 8.65. The minimum atomic E-state index is -0.308. The lowest BCUT2D eigenvalue weighted by atomic mass is 10.2. The highest BCUT2D eigenvalue weighted by atomic mass is 16.5. The average Bonchev–Trinajstić information content (AvgIpc) is 3.11. The Morgan fingerprint density at radius 3 is 2.89 bits per heavy atom. The van der Waals surface area contributed by atoms with E-state index in [-0.39, 0.29) is 18.6 Å². The fraction of sp³-hybridized carbons (Fsp3) is 0.250. The lowest BCUT2D eigenvalue weighted by Gasteiger charge is -2.14. The van der Waals surface area contributed by atoms with Gasteiger partial charge in [0.25, 0.3) is 5.91 Å². The molecule has 7 nitrogen and oxygen atoms in total. The smallest absolute Gasteiger partial charge is 0.258 e. The molecule has 0 bridgehead atoms. The SMILES string of the molecule is C/C=C/c1ccc(OCC(=O)NC(C)c2nnc3ccccn23)c(OC)c1. The molecule has 2 aromatic heterocycles. The average molecular weight is 366 g/mol. The molecule has 1 N–H and O–H groups in total. The van der Waals surface area contributed by atoms with Crippen LogP contribution in [0.25, 0.3) is 11.7 Å². The first-order valence-corrected chi connectivity index (χ1v) is 8.65. The van der Waals surface area contributed by atoms with Gasteiger partial charge in [0.1, 0.15) is 0 Å². The Labute approximate surface area is 157 Å². The van der Waals surface area contributed by atoms with Crippen LogP contribution in [0.1, 0.15) is 31.3 Å². The number of methoxy groups -OCH3 is 1. The zero-order chi connectivity index (χ0) is 19.2. The Morgan fingerprint density at radius 2 is 2.11 bits per heavy atom. The number of fused-ring (bicyclic) bond motifs is 1. The van der Waals surface area contributed by atoms with E-state index >= 15 is 0 Å². The van der Waals surface area contributed by atoms with Crippen molar-refractivity contribution in [3.63, 3.8) is 0 Å². The van der Waals surface area contributed by atoms with Crippen molar-refractivity contribution in [2.45, 2.75) is 19.9 Å². The highest BCUT2D eigenvalue weighted by Crippen LogP contribution is 2.28. The Kier molecular flexibility index (Phi) is 5.71. The van der Waals surface area contributed by atoms with Gasteiger partial charge in [-0.1, -0.05) is 24.3 Å². The van der Waals surface area contributed by atoms with E-state index in [0.717, 1.165) is 11.2 Å². The van der Waals surface area contributed by atoms with Gasteiger partial charge < -0.3 is 14.8 Å². The fourth-order valence-electron chi connectivity index (χ4n) is 2.75. The maximum absolute atomic E-state index is 12.3. The van der Waals surface area contributed by atoms with Crippen LogP contribution in [0.15, 0.2) is 48.7 Å². The molecule has 0 aliphatic rings. The number of allylic oxidation sites excluding steroid dienone is 1. The van der Waals surface area contributed by atoms with Crippen molar-refractivity contribution < 1.29 is 14.3 Å². The highest BCUT2D eigenvalue weighted by Gasteiger charge is 2.16. The standard InChI is InChI=1S/C20H22N4O3/c1-4-7-15-9-10-16(17(12-15)26-3)27-13-19(25)21-14(2)20-23-22-18-8-5-6-11-24(18)20/h4-12,14H,13H2,1-3H3,(H,21,25)/b7-4+. The van der Waals surface area contributed by atoms with E-state index in [9.17, 15) is 4.79 Å². The van der Waals surface area contributed by atoms with E-state index in [2.05, 4.69) is 15.5 Å². The van der Waals surface area contributed by atoms with Gasteiger partial charge >= 0.3 is 0 Å². The number of nitrogens with one attached hydrogen (secondary N) is 1. The van der Waals surface area contributed by atoms with Crippen molar-refractivity contribution in [1.29, 1.82) is 0 Å². The predicted molar refractivity (Wildman–Crippen MR) is 103 cm³/mol. The molecule has 7 heteroatoms. The number of pyridine rings is 1. The van der Waals surface area contributed by atoms with Gasteiger partial charge in [0.15, 0.2) is 29.6 Å². The number of benzene rings is 1. The number of rotatable bonds is 7. The van der Waals surface area contributed by atoms with Crippen LogP contribution < -0.4 is 14.8 Å². The van der Waals surface area contributed by atoms with E-state index in [4.69, 9.17) is 9.47 Å². The first kappa shape index (κ1) is 18.4. The predicted octanol–water partition coefficient (Wildman–Crippen LogP) is 3.03. The summed E-state index contributed by atoms with van der Waals surface area (Å²) >= 11 is 0. The lowest BCUT2D eigenvalue weighted by Crippen LogP contribution is -2.32.